The lowest BCUT2D eigenvalue weighted by molar-refractivity contribution is -0.116. The van der Waals surface area contributed by atoms with Crippen LogP contribution in [0.2, 0.25) is 5.02 Å². The van der Waals surface area contributed by atoms with Crippen LogP contribution < -0.4 is 14.8 Å². The maximum atomic E-state index is 13.7. The first-order valence-corrected chi connectivity index (χ1v) is 13.4. The first kappa shape index (κ1) is 26.8. The van der Waals surface area contributed by atoms with Crippen molar-refractivity contribution < 1.29 is 27.5 Å². The molecule has 1 atom stereocenters. The number of likely N-dealkylation sites (N-methyl/N-ethyl adjacent to an activating group) is 1. The van der Waals surface area contributed by atoms with Gasteiger partial charge in [-0.15, -0.1) is 0 Å². The van der Waals surface area contributed by atoms with Crippen molar-refractivity contribution in [1.29, 1.82) is 0 Å². The zero-order valence-corrected chi connectivity index (χ0v) is 22.0. The van der Waals surface area contributed by atoms with Crippen LogP contribution in [-0.4, -0.2) is 76.4 Å². The van der Waals surface area contributed by atoms with E-state index >= 15 is 0 Å². The van der Waals surface area contributed by atoms with Crippen molar-refractivity contribution in [1.82, 2.24) is 9.80 Å². The van der Waals surface area contributed by atoms with Crippen molar-refractivity contribution in [2.75, 3.05) is 51.7 Å². The standard InChI is InChI=1S/C24H30ClN3O6S/c1-6-34-21-11-15(7-10-20(21)33-4)19(14-35(5,31)32)28-12-16-17(25)8-9-18(23(16)24(28)30)26-22(29)13-27(2)3/h7-11,19H,6,12-14H2,1-5H3,(H,26,29). The molecule has 11 heteroatoms. The molecule has 0 aliphatic carbocycles. The monoisotopic (exact) mass is 523 g/mol. The van der Waals surface area contributed by atoms with E-state index in [9.17, 15) is 18.0 Å². The maximum absolute atomic E-state index is 13.7. The normalized spacial score (nSPS) is 14.1. The fourth-order valence-electron chi connectivity index (χ4n) is 4.06. The smallest absolute Gasteiger partial charge is 0.257 e. The molecule has 9 nitrogen and oxygen atoms in total. The van der Waals surface area contributed by atoms with Gasteiger partial charge < -0.3 is 24.6 Å². The summed E-state index contributed by atoms with van der Waals surface area (Å²) in [7, 11) is 1.55. The lowest BCUT2D eigenvalue weighted by Crippen LogP contribution is -2.34. The van der Waals surface area contributed by atoms with Gasteiger partial charge in [-0.25, -0.2) is 8.42 Å². The number of benzene rings is 2. The molecule has 1 aliphatic rings. The first-order chi connectivity index (χ1) is 16.4. The molecule has 2 amide bonds. The van der Waals surface area contributed by atoms with Gasteiger partial charge in [-0.3, -0.25) is 9.59 Å². The van der Waals surface area contributed by atoms with E-state index in [1.165, 1.54) is 12.0 Å². The number of methoxy groups -OCH3 is 1. The van der Waals surface area contributed by atoms with Gasteiger partial charge in [-0.05, 0) is 50.8 Å². The van der Waals surface area contributed by atoms with Crippen LogP contribution >= 0.6 is 11.6 Å². The summed E-state index contributed by atoms with van der Waals surface area (Å²) in [5.41, 5.74) is 1.72. The third-order valence-electron chi connectivity index (χ3n) is 5.50. The van der Waals surface area contributed by atoms with Crippen LogP contribution in [0.4, 0.5) is 5.69 Å². The van der Waals surface area contributed by atoms with E-state index in [0.29, 0.717) is 39.9 Å². The number of carbonyl (C=O) groups excluding carboxylic acids is 2. The van der Waals surface area contributed by atoms with Crippen LogP contribution in [0, 0.1) is 0 Å². The topological polar surface area (TPSA) is 105 Å². The van der Waals surface area contributed by atoms with Gasteiger partial charge in [-0.2, -0.15) is 0 Å². The minimum absolute atomic E-state index is 0.0978. The van der Waals surface area contributed by atoms with Gasteiger partial charge >= 0.3 is 0 Å². The molecule has 1 unspecified atom stereocenters. The molecule has 1 heterocycles. The minimum atomic E-state index is -3.49. The Morgan fingerprint density at radius 3 is 2.54 bits per heavy atom. The van der Waals surface area contributed by atoms with Gasteiger partial charge in [-0.1, -0.05) is 17.7 Å². The third kappa shape index (κ3) is 6.25. The number of amides is 2. The molecular weight excluding hydrogens is 494 g/mol. The molecule has 0 saturated heterocycles. The summed E-state index contributed by atoms with van der Waals surface area (Å²) >= 11 is 6.43. The molecule has 2 aromatic carbocycles. The van der Waals surface area contributed by atoms with Crippen molar-refractivity contribution in [2.45, 2.75) is 19.5 Å². The number of hydrogen-bond donors (Lipinski definition) is 1. The largest absolute Gasteiger partial charge is 0.493 e. The van der Waals surface area contributed by atoms with Gasteiger partial charge in [0.1, 0.15) is 9.84 Å². The summed E-state index contributed by atoms with van der Waals surface area (Å²) in [6.45, 7) is 2.45. The van der Waals surface area contributed by atoms with Crippen molar-refractivity contribution in [3.05, 3.63) is 52.0 Å². The summed E-state index contributed by atoms with van der Waals surface area (Å²) in [6.07, 6.45) is 1.13. The molecule has 190 valence electrons. The lowest BCUT2D eigenvalue weighted by Gasteiger charge is -2.28. The molecule has 0 fully saturated rings. The molecule has 0 bridgehead atoms. The van der Waals surface area contributed by atoms with E-state index in [0.717, 1.165) is 6.26 Å². The number of ether oxygens (including phenoxy) is 2. The minimum Gasteiger partial charge on any atom is -0.493 e. The molecule has 2 aromatic rings. The van der Waals surface area contributed by atoms with Crippen LogP contribution in [0.3, 0.4) is 0 Å². The summed E-state index contributed by atoms with van der Waals surface area (Å²) in [6, 6.07) is 7.49. The van der Waals surface area contributed by atoms with Gasteiger partial charge in [0.15, 0.2) is 11.5 Å². The molecule has 3 rings (SSSR count). The Morgan fingerprint density at radius 2 is 1.94 bits per heavy atom. The Morgan fingerprint density at radius 1 is 1.23 bits per heavy atom. The first-order valence-electron chi connectivity index (χ1n) is 11.0. The molecule has 0 spiro atoms. The van der Waals surface area contributed by atoms with Crippen molar-refractivity contribution in [3.8, 4) is 11.5 Å². The van der Waals surface area contributed by atoms with E-state index in [-0.39, 0.29) is 30.3 Å². The van der Waals surface area contributed by atoms with Gasteiger partial charge in [0, 0.05) is 23.4 Å². The highest BCUT2D eigenvalue weighted by atomic mass is 35.5. The van der Waals surface area contributed by atoms with Crippen LogP contribution in [0.5, 0.6) is 11.5 Å². The Balaban J connectivity index is 2.05. The maximum Gasteiger partial charge on any atom is 0.257 e. The number of nitrogens with one attached hydrogen (secondary N) is 1. The highest BCUT2D eigenvalue weighted by molar-refractivity contribution is 7.90. The van der Waals surface area contributed by atoms with Crippen molar-refractivity contribution in [2.24, 2.45) is 0 Å². The molecule has 0 radical (unpaired) electrons. The van der Waals surface area contributed by atoms with Crippen molar-refractivity contribution in [3.63, 3.8) is 0 Å². The number of halogens is 1. The number of rotatable bonds is 10. The fourth-order valence-corrected chi connectivity index (χ4v) is 5.22. The van der Waals surface area contributed by atoms with Crippen LogP contribution in [-0.2, 0) is 21.2 Å². The number of sulfone groups is 1. The molecule has 1 N–H and O–H groups in total. The third-order valence-corrected chi connectivity index (χ3v) is 6.78. The molecule has 35 heavy (non-hydrogen) atoms. The van der Waals surface area contributed by atoms with Crippen LogP contribution in [0.25, 0.3) is 0 Å². The van der Waals surface area contributed by atoms with Crippen molar-refractivity contribution >= 4 is 38.9 Å². The quantitative estimate of drug-likeness (QED) is 0.510. The van der Waals surface area contributed by atoms with E-state index in [1.54, 1.807) is 49.3 Å². The highest BCUT2D eigenvalue weighted by Crippen LogP contribution is 2.40. The highest BCUT2D eigenvalue weighted by Gasteiger charge is 2.38. The van der Waals surface area contributed by atoms with Crippen LogP contribution in [0.15, 0.2) is 30.3 Å². The van der Waals surface area contributed by atoms with E-state index in [4.69, 9.17) is 21.1 Å². The van der Waals surface area contributed by atoms with Gasteiger partial charge in [0.05, 0.1) is 43.3 Å². The number of hydrogen-bond acceptors (Lipinski definition) is 7. The SMILES string of the molecule is CCOc1cc(C(CS(C)(=O)=O)N2Cc3c(Cl)ccc(NC(=O)CN(C)C)c3C2=O)ccc1OC. The summed E-state index contributed by atoms with van der Waals surface area (Å²) in [5, 5.41) is 3.14. The van der Waals surface area contributed by atoms with Crippen LogP contribution in [0.1, 0.15) is 34.5 Å². The average molecular weight is 524 g/mol. The summed E-state index contributed by atoms with van der Waals surface area (Å²) in [5.74, 6) is -0.0477. The van der Waals surface area contributed by atoms with E-state index < -0.39 is 21.8 Å². The molecule has 1 aliphatic heterocycles. The molecular formula is C24H30ClN3O6S. The zero-order valence-electron chi connectivity index (χ0n) is 20.4. The Kier molecular flexibility index (Phi) is 8.30. The Hall–Kier alpha value is -2.82. The lowest BCUT2D eigenvalue weighted by atomic mass is 10.1. The van der Waals surface area contributed by atoms with E-state index in [1.807, 2.05) is 6.92 Å². The Bertz CT molecular complexity index is 1230. The zero-order chi connectivity index (χ0) is 25.9. The fraction of sp³-hybridized carbons (Fsp3) is 0.417. The summed E-state index contributed by atoms with van der Waals surface area (Å²) in [4.78, 5) is 29.2. The molecule has 0 saturated carbocycles. The number of fused-ring (bicyclic) bond motifs is 1. The number of nitrogens with zero attached hydrogens (tertiary/aromatic N) is 2. The predicted molar refractivity (Wildman–Crippen MR) is 135 cm³/mol. The average Bonchev–Trinajstić information content (AvgIpc) is 3.11. The number of carbonyl (C=O) groups is 2. The second kappa shape index (κ2) is 10.8. The second-order valence-electron chi connectivity index (χ2n) is 8.62. The van der Waals surface area contributed by atoms with Gasteiger partial charge in [0.2, 0.25) is 5.91 Å². The summed E-state index contributed by atoms with van der Waals surface area (Å²) < 4.78 is 35.8. The predicted octanol–water partition coefficient (Wildman–Crippen LogP) is 2.99. The Labute approximate surface area is 210 Å². The van der Waals surface area contributed by atoms with E-state index in [2.05, 4.69) is 5.32 Å². The second-order valence-corrected chi connectivity index (χ2v) is 11.2. The van der Waals surface area contributed by atoms with Gasteiger partial charge in [0.25, 0.3) is 5.91 Å². The number of anilines is 1. The molecule has 0 aromatic heterocycles.